The number of likely N-dealkylation sites (N-methyl/N-ethyl adjacent to an activating group) is 1. The van der Waals surface area contributed by atoms with E-state index in [9.17, 15) is 0 Å². The lowest BCUT2D eigenvalue weighted by Gasteiger charge is -2.32. The van der Waals surface area contributed by atoms with E-state index in [-0.39, 0.29) is 0 Å². The number of anilines is 1. The number of fused-ring (bicyclic) bond motifs is 1. The smallest absolute Gasteiger partial charge is 0.179 e. The van der Waals surface area contributed by atoms with Gasteiger partial charge in [-0.1, -0.05) is 23.7 Å². The fourth-order valence-electron chi connectivity index (χ4n) is 3.40. The zero-order valence-electron chi connectivity index (χ0n) is 14.7. The van der Waals surface area contributed by atoms with Crippen molar-refractivity contribution in [2.45, 2.75) is 13.8 Å². The Morgan fingerprint density at radius 3 is 2.44 bits per heavy atom. The second-order valence-corrected chi connectivity index (χ2v) is 6.98. The summed E-state index contributed by atoms with van der Waals surface area (Å²) in [6.45, 7) is 7.93. The van der Waals surface area contributed by atoms with Crippen LogP contribution in [-0.4, -0.2) is 58.1 Å². The van der Waals surface area contributed by atoms with E-state index in [1.165, 1.54) is 0 Å². The monoisotopic (exact) mass is 356 g/mol. The van der Waals surface area contributed by atoms with E-state index < -0.39 is 0 Å². The van der Waals surface area contributed by atoms with Gasteiger partial charge in [0.15, 0.2) is 5.82 Å². The van der Waals surface area contributed by atoms with Crippen LogP contribution in [0, 0.1) is 13.8 Å². The van der Waals surface area contributed by atoms with Crippen LogP contribution in [0.15, 0.2) is 24.3 Å². The van der Waals surface area contributed by atoms with Gasteiger partial charge in [-0.25, -0.2) is 4.68 Å². The van der Waals surface area contributed by atoms with Gasteiger partial charge in [0.25, 0.3) is 0 Å². The fraction of sp³-hybridized carbons (Fsp3) is 0.389. The number of piperazine rings is 1. The summed E-state index contributed by atoms with van der Waals surface area (Å²) in [5.74, 6) is 0.864. The molecule has 3 aromatic rings. The predicted molar refractivity (Wildman–Crippen MR) is 101 cm³/mol. The quantitative estimate of drug-likeness (QED) is 0.706. The Labute approximate surface area is 152 Å². The Bertz CT molecular complexity index is 927. The van der Waals surface area contributed by atoms with Gasteiger partial charge in [-0.05, 0) is 33.0 Å². The van der Waals surface area contributed by atoms with Crippen molar-refractivity contribution in [3.05, 3.63) is 40.7 Å². The van der Waals surface area contributed by atoms with Gasteiger partial charge in [0.2, 0.25) is 0 Å². The molecule has 0 amide bonds. The molecular formula is C18H21ClN6. The number of hydrogen-bond acceptors (Lipinski definition) is 5. The van der Waals surface area contributed by atoms with Gasteiger partial charge >= 0.3 is 0 Å². The average Bonchev–Trinajstić information content (AvgIpc) is 2.95. The van der Waals surface area contributed by atoms with Crippen LogP contribution in [0.25, 0.3) is 16.6 Å². The molecule has 7 heteroatoms. The third kappa shape index (κ3) is 2.75. The molecule has 0 radical (unpaired) electrons. The number of rotatable bonds is 2. The SMILES string of the molecule is Cc1nnc(N2CCN(C)CC2)c2nn(-c3ccccc3Cl)c(C)c12. The van der Waals surface area contributed by atoms with E-state index in [1.807, 2.05) is 35.9 Å². The maximum Gasteiger partial charge on any atom is 0.179 e. The van der Waals surface area contributed by atoms with Crippen LogP contribution < -0.4 is 4.90 Å². The predicted octanol–water partition coefficient (Wildman–Crippen LogP) is 2.84. The maximum atomic E-state index is 6.39. The van der Waals surface area contributed by atoms with Crippen molar-refractivity contribution >= 4 is 28.3 Å². The first kappa shape index (κ1) is 16.3. The Morgan fingerprint density at radius 1 is 1.00 bits per heavy atom. The molecule has 4 rings (SSSR count). The van der Waals surface area contributed by atoms with Gasteiger partial charge in [0.1, 0.15) is 5.52 Å². The van der Waals surface area contributed by atoms with Gasteiger partial charge in [-0.3, -0.25) is 0 Å². The first-order valence-electron chi connectivity index (χ1n) is 8.47. The summed E-state index contributed by atoms with van der Waals surface area (Å²) in [5, 5.41) is 15.5. The number of nitrogens with zero attached hydrogens (tertiary/aromatic N) is 6. The zero-order chi connectivity index (χ0) is 17.6. The van der Waals surface area contributed by atoms with Gasteiger partial charge < -0.3 is 9.80 Å². The molecule has 1 aromatic carbocycles. The van der Waals surface area contributed by atoms with Crippen LogP contribution in [0.5, 0.6) is 0 Å². The first-order valence-corrected chi connectivity index (χ1v) is 8.85. The van der Waals surface area contributed by atoms with Crippen LogP contribution >= 0.6 is 11.6 Å². The third-order valence-electron chi connectivity index (χ3n) is 4.87. The molecule has 0 saturated carbocycles. The summed E-state index contributed by atoms with van der Waals surface area (Å²) in [5.41, 5.74) is 3.70. The number of hydrogen-bond donors (Lipinski definition) is 0. The Balaban J connectivity index is 1.89. The molecule has 0 bridgehead atoms. The summed E-state index contributed by atoms with van der Waals surface area (Å²) in [7, 11) is 2.14. The summed E-state index contributed by atoms with van der Waals surface area (Å²) in [6.07, 6.45) is 0. The zero-order valence-corrected chi connectivity index (χ0v) is 15.5. The van der Waals surface area contributed by atoms with Crippen LogP contribution in [0.1, 0.15) is 11.4 Å². The minimum Gasteiger partial charge on any atom is -0.351 e. The first-order chi connectivity index (χ1) is 12.1. The maximum absolute atomic E-state index is 6.39. The van der Waals surface area contributed by atoms with Gasteiger partial charge in [-0.15, -0.1) is 5.10 Å². The van der Waals surface area contributed by atoms with Gasteiger partial charge in [0.05, 0.1) is 27.5 Å². The lowest BCUT2D eigenvalue weighted by atomic mass is 10.2. The van der Waals surface area contributed by atoms with Crippen molar-refractivity contribution < 1.29 is 0 Å². The molecule has 6 nitrogen and oxygen atoms in total. The van der Waals surface area contributed by atoms with Crippen LogP contribution in [0.3, 0.4) is 0 Å². The minimum absolute atomic E-state index is 0.679. The number of aromatic nitrogens is 4. The highest BCUT2D eigenvalue weighted by Gasteiger charge is 2.23. The summed E-state index contributed by atoms with van der Waals surface area (Å²) in [4.78, 5) is 4.60. The molecule has 1 aliphatic heterocycles. The van der Waals surface area contributed by atoms with E-state index in [1.54, 1.807) is 0 Å². The number of para-hydroxylation sites is 1. The van der Waals surface area contributed by atoms with E-state index in [4.69, 9.17) is 16.7 Å². The normalized spacial score (nSPS) is 15.9. The largest absolute Gasteiger partial charge is 0.351 e. The van der Waals surface area contributed by atoms with Crippen molar-refractivity contribution in [3.63, 3.8) is 0 Å². The average molecular weight is 357 g/mol. The molecule has 0 atom stereocenters. The molecule has 1 aliphatic rings. The van der Waals surface area contributed by atoms with Gasteiger partial charge in [0, 0.05) is 26.2 Å². The fourth-order valence-corrected chi connectivity index (χ4v) is 3.62. The van der Waals surface area contributed by atoms with Crippen molar-refractivity contribution in [2.24, 2.45) is 0 Å². The molecule has 1 saturated heterocycles. The van der Waals surface area contributed by atoms with Crippen LogP contribution in [0.2, 0.25) is 5.02 Å². The van der Waals surface area contributed by atoms with Crippen LogP contribution in [0.4, 0.5) is 5.82 Å². The highest BCUT2D eigenvalue weighted by molar-refractivity contribution is 6.32. The summed E-state index contributed by atoms with van der Waals surface area (Å²) in [6, 6.07) is 7.76. The minimum atomic E-state index is 0.679. The van der Waals surface area contributed by atoms with Crippen molar-refractivity contribution in [3.8, 4) is 5.69 Å². The second kappa shape index (κ2) is 6.28. The second-order valence-electron chi connectivity index (χ2n) is 6.57. The molecule has 25 heavy (non-hydrogen) atoms. The molecule has 0 N–H and O–H groups in total. The molecule has 1 fully saturated rings. The van der Waals surface area contributed by atoms with Crippen LogP contribution in [-0.2, 0) is 0 Å². The Morgan fingerprint density at radius 2 is 1.72 bits per heavy atom. The molecular weight excluding hydrogens is 336 g/mol. The van der Waals surface area contributed by atoms with Gasteiger partial charge in [-0.2, -0.15) is 10.2 Å². The highest BCUT2D eigenvalue weighted by Crippen LogP contribution is 2.31. The van der Waals surface area contributed by atoms with E-state index >= 15 is 0 Å². The van der Waals surface area contributed by atoms with E-state index in [0.29, 0.717) is 5.02 Å². The number of halogens is 1. The molecule has 0 spiro atoms. The van der Waals surface area contributed by atoms with E-state index in [0.717, 1.165) is 60.0 Å². The van der Waals surface area contributed by atoms with Crippen molar-refractivity contribution in [2.75, 3.05) is 38.1 Å². The highest BCUT2D eigenvalue weighted by atomic mass is 35.5. The Hall–Kier alpha value is -2.18. The molecule has 0 unspecified atom stereocenters. The standard InChI is InChI=1S/C18H21ClN6/c1-12-16-13(2)25(15-7-5-4-6-14(15)19)22-17(16)18(21-20-12)24-10-8-23(3)9-11-24/h4-7H,8-11H2,1-3H3. The topological polar surface area (TPSA) is 50.1 Å². The number of benzene rings is 1. The summed E-state index contributed by atoms with van der Waals surface area (Å²) >= 11 is 6.39. The third-order valence-corrected chi connectivity index (χ3v) is 5.19. The van der Waals surface area contributed by atoms with Crippen molar-refractivity contribution in [1.82, 2.24) is 24.9 Å². The molecule has 3 heterocycles. The molecule has 130 valence electrons. The molecule has 2 aromatic heterocycles. The number of aryl methyl sites for hydroxylation is 2. The molecule has 0 aliphatic carbocycles. The Kier molecular flexibility index (Phi) is 4.09. The van der Waals surface area contributed by atoms with Crippen molar-refractivity contribution in [1.29, 1.82) is 0 Å². The summed E-state index contributed by atoms with van der Waals surface area (Å²) < 4.78 is 1.91. The van der Waals surface area contributed by atoms with E-state index in [2.05, 4.69) is 34.0 Å². The lowest BCUT2D eigenvalue weighted by molar-refractivity contribution is 0.312. The lowest BCUT2D eigenvalue weighted by Crippen LogP contribution is -2.45.